The van der Waals surface area contributed by atoms with E-state index in [4.69, 9.17) is 16.3 Å². The predicted molar refractivity (Wildman–Crippen MR) is 84.8 cm³/mol. The van der Waals surface area contributed by atoms with Crippen molar-refractivity contribution in [3.05, 3.63) is 12.2 Å². The zero-order chi connectivity index (χ0) is 15.8. The average molecular weight is 311 g/mol. The SMILES string of the molecule is COc1ncnc2c1nc(C(C)Cl)n2CC(C)(C)C(C)C. The smallest absolute Gasteiger partial charge is 0.245 e. The van der Waals surface area contributed by atoms with E-state index in [0.717, 1.165) is 18.0 Å². The van der Waals surface area contributed by atoms with Crippen LogP contribution in [0.2, 0.25) is 0 Å². The zero-order valence-electron chi connectivity index (χ0n) is 13.5. The van der Waals surface area contributed by atoms with Crippen LogP contribution in [0.3, 0.4) is 0 Å². The van der Waals surface area contributed by atoms with Gasteiger partial charge in [0.05, 0.1) is 12.5 Å². The number of hydrogen-bond donors (Lipinski definition) is 0. The fourth-order valence-corrected chi connectivity index (χ4v) is 2.30. The van der Waals surface area contributed by atoms with Gasteiger partial charge in [-0.05, 0) is 18.3 Å². The maximum atomic E-state index is 6.31. The Labute approximate surface area is 130 Å². The van der Waals surface area contributed by atoms with Crippen molar-refractivity contribution in [3.63, 3.8) is 0 Å². The first kappa shape index (κ1) is 16.0. The summed E-state index contributed by atoms with van der Waals surface area (Å²) in [5, 5.41) is -0.202. The molecule has 5 nitrogen and oxygen atoms in total. The minimum atomic E-state index is -0.202. The molecule has 6 heteroatoms. The van der Waals surface area contributed by atoms with Crippen molar-refractivity contribution >= 4 is 22.8 Å². The van der Waals surface area contributed by atoms with Gasteiger partial charge < -0.3 is 9.30 Å². The fraction of sp³-hybridized carbons (Fsp3) is 0.667. The number of imidazole rings is 1. The van der Waals surface area contributed by atoms with Crippen LogP contribution in [0.25, 0.3) is 11.2 Å². The van der Waals surface area contributed by atoms with Gasteiger partial charge in [0, 0.05) is 6.54 Å². The average Bonchev–Trinajstić information content (AvgIpc) is 2.77. The summed E-state index contributed by atoms with van der Waals surface area (Å²) >= 11 is 6.31. The molecular weight excluding hydrogens is 288 g/mol. The molecule has 0 bridgehead atoms. The summed E-state index contributed by atoms with van der Waals surface area (Å²) in [5.74, 6) is 1.82. The van der Waals surface area contributed by atoms with E-state index in [9.17, 15) is 0 Å². The number of hydrogen-bond acceptors (Lipinski definition) is 4. The predicted octanol–water partition coefficient (Wildman–Crippen LogP) is 3.82. The summed E-state index contributed by atoms with van der Waals surface area (Å²) in [6, 6.07) is 0. The Balaban J connectivity index is 2.63. The maximum Gasteiger partial charge on any atom is 0.245 e. The van der Waals surface area contributed by atoms with Gasteiger partial charge in [-0.25, -0.2) is 9.97 Å². The van der Waals surface area contributed by atoms with E-state index in [1.165, 1.54) is 6.33 Å². The molecule has 0 saturated heterocycles. The molecule has 0 aliphatic carbocycles. The third kappa shape index (κ3) is 2.98. The highest BCUT2D eigenvalue weighted by molar-refractivity contribution is 6.20. The van der Waals surface area contributed by atoms with Crippen molar-refractivity contribution in [3.8, 4) is 5.88 Å². The monoisotopic (exact) mass is 310 g/mol. The molecule has 2 heterocycles. The molecule has 0 amide bonds. The van der Waals surface area contributed by atoms with Crippen LogP contribution in [0.15, 0.2) is 6.33 Å². The van der Waals surface area contributed by atoms with Gasteiger partial charge in [0.15, 0.2) is 11.2 Å². The lowest BCUT2D eigenvalue weighted by atomic mass is 9.81. The standard InChI is InChI=1S/C15H23ClN4O/c1-9(2)15(4,5)7-20-12(10(3)16)19-11-13(20)17-8-18-14(11)21-6/h8-10H,7H2,1-6H3. The van der Waals surface area contributed by atoms with Gasteiger partial charge in [0.1, 0.15) is 12.2 Å². The van der Waals surface area contributed by atoms with Gasteiger partial charge in [-0.3, -0.25) is 0 Å². The van der Waals surface area contributed by atoms with E-state index in [2.05, 4.69) is 47.2 Å². The number of ether oxygens (including phenoxy) is 1. The summed E-state index contributed by atoms with van der Waals surface area (Å²) < 4.78 is 7.38. The van der Waals surface area contributed by atoms with Crippen molar-refractivity contribution in [1.82, 2.24) is 19.5 Å². The van der Waals surface area contributed by atoms with Crippen molar-refractivity contribution in [1.29, 1.82) is 0 Å². The Morgan fingerprint density at radius 1 is 1.29 bits per heavy atom. The van der Waals surface area contributed by atoms with Crippen LogP contribution < -0.4 is 4.74 Å². The summed E-state index contributed by atoms with van der Waals surface area (Å²) in [6.45, 7) is 11.6. The summed E-state index contributed by atoms with van der Waals surface area (Å²) in [6.07, 6.45) is 1.50. The van der Waals surface area contributed by atoms with Gasteiger partial charge in [0.2, 0.25) is 5.88 Å². The molecule has 2 aromatic heterocycles. The Hall–Kier alpha value is -1.36. The Morgan fingerprint density at radius 3 is 2.48 bits per heavy atom. The first-order chi connectivity index (χ1) is 9.77. The molecule has 116 valence electrons. The second-order valence-corrected chi connectivity index (χ2v) is 7.03. The van der Waals surface area contributed by atoms with Crippen molar-refractivity contribution in [2.24, 2.45) is 11.3 Å². The number of fused-ring (bicyclic) bond motifs is 1. The first-order valence-corrected chi connectivity index (χ1v) is 7.60. The molecule has 0 saturated carbocycles. The molecule has 0 fully saturated rings. The molecule has 0 radical (unpaired) electrons. The molecule has 0 aromatic carbocycles. The van der Waals surface area contributed by atoms with E-state index >= 15 is 0 Å². The van der Waals surface area contributed by atoms with Gasteiger partial charge in [-0.2, -0.15) is 4.98 Å². The minimum Gasteiger partial charge on any atom is -0.479 e. The van der Waals surface area contributed by atoms with Crippen molar-refractivity contribution < 1.29 is 4.74 Å². The van der Waals surface area contributed by atoms with Gasteiger partial charge in [-0.15, -0.1) is 11.6 Å². The van der Waals surface area contributed by atoms with Crippen LogP contribution >= 0.6 is 11.6 Å². The van der Waals surface area contributed by atoms with Crippen LogP contribution in [-0.2, 0) is 6.54 Å². The third-order valence-electron chi connectivity index (χ3n) is 4.21. The first-order valence-electron chi connectivity index (χ1n) is 7.17. The quantitative estimate of drug-likeness (QED) is 0.788. The van der Waals surface area contributed by atoms with Crippen LogP contribution in [0.4, 0.5) is 0 Å². The molecule has 1 unspecified atom stereocenters. The lowest BCUT2D eigenvalue weighted by Gasteiger charge is -2.30. The maximum absolute atomic E-state index is 6.31. The second kappa shape index (κ2) is 5.79. The lowest BCUT2D eigenvalue weighted by Crippen LogP contribution is -2.26. The Kier molecular flexibility index (Phi) is 4.42. The Bertz CT molecular complexity index is 634. The van der Waals surface area contributed by atoms with Crippen LogP contribution in [-0.4, -0.2) is 26.6 Å². The van der Waals surface area contributed by atoms with Crippen LogP contribution in [0.5, 0.6) is 5.88 Å². The number of nitrogens with zero attached hydrogens (tertiary/aromatic N) is 4. The summed E-state index contributed by atoms with van der Waals surface area (Å²) in [7, 11) is 1.59. The number of rotatable bonds is 5. The molecule has 0 aliphatic heterocycles. The molecule has 0 N–H and O–H groups in total. The lowest BCUT2D eigenvalue weighted by molar-refractivity contribution is 0.210. The molecule has 21 heavy (non-hydrogen) atoms. The molecule has 0 aliphatic rings. The second-order valence-electron chi connectivity index (χ2n) is 6.37. The van der Waals surface area contributed by atoms with E-state index in [1.807, 2.05) is 6.92 Å². The van der Waals surface area contributed by atoms with E-state index in [1.54, 1.807) is 7.11 Å². The highest BCUT2D eigenvalue weighted by atomic mass is 35.5. The highest BCUT2D eigenvalue weighted by Crippen LogP contribution is 2.33. The van der Waals surface area contributed by atoms with E-state index in [-0.39, 0.29) is 10.8 Å². The molecule has 1 atom stereocenters. The van der Waals surface area contributed by atoms with Gasteiger partial charge >= 0.3 is 0 Å². The van der Waals surface area contributed by atoms with Crippen LogP contribution in [0, 0.1) is 11.3 Å². The molecule has 2 aromatic rings. The van der Waals surface area contributed by atoms with Gasteiger partial charge in [-0.1, -0.05) is 27.7 Å². The molecular formula is C15H23ClN4O. The minimum absolute atomic E-state index is 0.104. The van der Waals surface area contributed by atoms with Gasteiger partial charge in [0.25, 0.3) is 0 Å². The topological polar surface area (TPSA) is 52.8 Å². The van der Waals surface area contributed by atoms with E-state index in [0.29, 0.717) is 17.3 Å². The molecule has 2 rings (SSSR count). The largest absolute Gasteiger partial charge is 0.479 e. The highest BCUT2D eigenvalue weighted by Gasteiger charge is 2.27. The third-order valence-corrected chi connectivity index (χ3v) is 4.40. The van der Waals surface area contributed by atoms with Crippen molar-refractivity contribution in [2.45, 2.75) is 46.5 Å². The number of aromatic nitrogens is 4. The van der Waals surface area contributed by atoms with Crippen LogP contribution in [0.1, 0.15) is 45.8 Å². The number of halogens is 1. The van der Waals surface area contributed by atoms with E-state index < -0.39 is 0 Å². The number of alkyl halides is 1. The van der Waals surface area contributed by atoms with Crippen molar-refractivity contribution in [2.75, 3.05) is 7.11 Å². The summed E-state index contributed by atoms with van der Waals surface area (Å²) in [5.41, 5.74) is 1.55. The Morgan fingerprint density at radius 2 is 1.95 bits per heavy atom. The molecule has 0 spiro atoms. The summed E-state index contributed by atoms with van der Waals surface area (Å²) in [4.78, 5) is 13.1. The number of methoxy groups -OCH3 is 1. The fourth-order valence-electron chi connectivity index (χ4n) is 2.13. The normalized spacial score (nSPS) is 13.9. The zero-order valence-corrected chi connectivity index (χ0v) is 14.3.